The van der Waals surface area contributed by atoms with E-state index < -0.39 is 14.8 Å². The summed E-state index contributed by atoms with van der Waals surface area (Å²) >= 11 is 0. The number of sulfonamides is 1. The van der Waals surface area contributed by atoms with E-state index >= 15 is 0 Å². The zero-order valence-electron chi connectivity index (χ0n) is 12.1. The Morgan fingerprint density at radius 2 is 1.59 bits per heavy atom. The third-order valence-electron chi connectivity index (χ3n) is 3.73. The third-order valence-corrected chi connectivity index (χ3v) is 6.50. The minimum atomic E-state index is -3.23. The molecule has 0 aromatic rings. The zero-order valence-corrected chi connectivity index (χ0v) is 12.9. The lowest BCUT2D eigenvalue weighted by Crippen LogP contribution is -2.53. The van der Waals surface area contributed by atoms with Crippen molar-refractivity contribution in [3.05, 3.63) is 0 Å². The highest BCUT2D eigenvalue weighted by atomic mass is 32.2. The maximum atomic E-state index is 12.6. The SMILES string of the molecule is CCC(C)(C)N(CC1CC1)S(=O)(=O)C(C)(C)C. The Morgan fingerprint density at radius 1 is 1.12 bits per heavy atom. The van der Waals surface area contributed by atoms with Gasteiger partial charge in [0.25, 0.3) is 0 Å². The quantitative estimate of drug-likeness (QED) is 0.763. The first-order chi connectivity index (χ1) is 7.52. The average Bonchev–Trinajstić information content (AvgIpc) is 2.95. The summed E-state index contributed by atoms with van der Waals surface area (Å²) in [6.45, 7) is 12.2. The van der Waals surface area contributed by atoms with Crippen LogP contribution in [-0.4, -0.2) is 29.6 Å². The number of rotatable bonds is 5. The smallest absolute Gasteiger partial charge is 0.212 e. The Labute approximate surface area is 107 Å². The van der Waals surface area contributed by atoms with Crippen molar-refractivity contribution in [2.24, 2.45) is 5.92 Å². The molecule has 0 aromatic carbocycles. The first-order valence-electron chi connectivity index (χ1n) is 6.55. The van der Waals surface area contributed by atoms with E-state index in [1.165, 1.54) is 12.8 Å². The molecule has 0 heterocycles. The average molecular weight is 261 g/mol. The summed E-state index contributed by atoms with van der Waals surface area (Å²) in [5.41, 5.74) is -0.283. The highest BCUT2D eigenvalue weighted by Gasteiger charge is 2.44. The molecule has 4 heteroatoms. The second-order valence-corrected chi connectivity index (χ2v) is 9.37. The van der Waals surface area contributed by atoms with Crippen LogP contribution in [0.5, 0.6) is 0 Å². The highest BCUT2D eigenvalue weighted by Crippen LogP contribution is 2.36. The molecule has 3 nitrogen and oxygen atoms in total. The molecule has 0 unspecified atom stereocenters. The topological polar surface area (TPSA) is 37.4 Å². The molecule has 0 bridgehead atoms. The lowest BCUT2D eigenvalue weighted by atomic mass is 10.0. The van der Waals surface area contributed by atoms with Gasteiger partial charge in [0.15, 0.2) is 0 Å². The molecular weight excluding hydrogens is 234 g/mol. The molecule has 0 spiro atoms. The molecule has 1 aliphatic rings. The second-order valence-electron chi connectivity index (χ2n) is 6.76. The van der Waals surface area contributed by atoms with Crippen LogP contribution < -0.4 is 0 Å². The fourth-order valence-corrected chi connectivity index (χ4v) is 3.56. The van der Waals surface area contributed by atoms with Crippen molar-refractivity contribution >= 4 is 10.0 Å². The molecule has 0 radical (unpaired) electrons. The van der Waals surface area contributed by atoms with E-state index in [1.807, 2.05) is 13.8 Å². The summed E-state index contributed by atoms with van der Waals surface area (Å²) in [5, 5.41) is 0. The van der Waals surface area contributed by atoms with Crippen molar-refractivity contribution < 1.29 is 8.42 Å². The minimum Gasteiger partial charge on any atom is -0.212 e. The number of hydrogen-bond acceptors (Lipinski definition) is 2. The van der Waals surface area contributed by atoms with Gasteiger partial charge in [0.2, 0.25) is 10.0 Å². The van der Waals surface area contributed by atoms with Crippen molar-refractivity contribution in [1.29, 1.82) is 0 Å². The summed E-state index contributed by atoms with van der Waals surface area (Å²) in [6.07, 6.45) is 3.20. The molecule has 0 aliphatic heterocycles. The summed E-state index contributed by atoms with van der Waals surface area (Å²) in [5.74, 6) is 0.581. The lowest BCUT2D eigenvalue weighted by molar-refractivity contribution is 0.208. The number of nitrogens with zero attached hydrogens (tertiary/aromatic N) is 1. The van der Waals surface area contributed by atoms with Crippen molar-refractivity contribution in [2.75, 3.05) is 6.54 Å². The van der Waals surface area contributed by atoms with Gasteiger partial charge in [-0.15, -0.1) is 0 Å². The Hall–Kier alpha value is -0.0900. The van der Waals surface area contributed by atoms with Gasteiger partial charge in [0, 0.05) is 12.1 Å². The molecule has 0 saturated heterocycles. The summed E-state index contributed by atoms with van der Waals surface area (Å²) in [6, 6.07) is 0. The maximum Gasteiger partial charge on any atom is 0.219 e. The van der Waals surface area contributed by atoms with E-state index in [9.17, 15) is 8.42 Å². The molecule has 0 N–H and O–H groups in total. The van der Waals surface area contributed by atoms with Gasteiger partial charge in [-0.1, -0.05) is 6.92 Å². The van der Waals surface area contributed by atoms with Gasteiger partial charge < -0.3 is 0 Å². The van der Waals surface area contributed by atoms with Gasteiger partial charge in [-0.05, 0) is 59.8 Å². The van der Waals surface area contributed by atoms with Crippen molar-refractivity contribution in [1.82, 2.24) is 4.31 Å². The predicted molar refractivity (Wildman–Crippen MR) is 72.5 cm³/mol. The molecule has 1 saturated carbocycles. The van der Waals surface area contributed by atoms with Crippen LogP contribution in [-0.2, 0) is 10.0 Å². The van der Waals surface area contributed by atoms with E-state index in [1.54, 1.807) is 25.1 Å². The van der Waals surface area contributed by atoms with Crippen molar-refractivity contribution in [3.63, 3.8) is 0 Å². The fraction of sp³-hybridized carbons (Fsp3) is 1.00. The zero-order chi connectivity index (χ0) is 13.5. The van der Waals surface area contributed by atoms with E-state index in [0.29, 0.717) is 12.5 Å². The van der Waals surface area contributed by atoms with Crippen LogP contribution >= 0.6 is 0 Å². The fourth-order valence-electron chi connectivity index (χ4n) is 1.71. The summed E-state index contributed by atoms with van der Waals surface area (Å²) < 4.78 is 26.3. The third kappa shape index (κ3) is 3.22. The van der Waals surface area contributed by atoms with E-state index in [0.717, 1.165) is 6.42 Å². The lowest BCUT2D eigenvalue weighted by Gasteiger charge is -2.40. The first kappa shape index (κ1) is 15.0. The second kappa shape index (κ2) is 4.54. The Kier molecular flexibility index (Phi) is 4.00. The van der Waals surface area contributed by atoms with Gasteiger partial charge >= 0.3 is 0 Å². The van der Waals surface area contributed by atoms with E-state index in [4.69, 9.17) is 0 Å². The summed E-state index contributed by atoms with van der Waals surface area (Å²) in [4.78, 5) is 0. The van der Waals surface area contributed by atoms with Crippen LogP contribution in [0.1, 0.15) is 60.8 Å². The molecular formula is C13H27NO2S. The largest absolute Gasteiger partial charge is 0.219 e. The van der Waals surface area contributed by atoms with E-state index in [-0.39, 0.29) is 5.54 Å². The molecule has 1 rings (SSSR count). The Bertz CT molecular complexity index is 361. The molecule has 1 fully saturated rings. The normalized spacial score (nSPS) is 18.8. The Morgan fingerprint density at radius 3 is 1.88 bits per heavy atom. The first-order valence-corrected chi connectivity index (χ1v) is 7.99. The van der Waals surface area contributed by atoms with Crippen LogP contribution in [0.15, 0.2) is 0 Å². The molecule has 0 aromatic heterocycles. The molecule has 0 amide bonds. The number of hydrogen-bond donors (Lipinski definition) is 0. The van der Waals surface area contributed by atoms with Crippen LogP contribution in [0, 0.1) is 5.92 Å². The van der Waals surface area contributed by atoms with Crippen molar-refractivity contribution in [2.45, 2.75) is 71.1 Å². The maximum absolute atomic E-state index is 12.6. The minimum absolute atomic E-state index is 0.283. The molecule has 102 valence electrons. The van der Waals surface area contributed by atoms with Crippen LogP contribution in [0.4, 0.5) is 0 Å². The van der Waals surface area contributed by atoms with Gasteiger partial charge in [0.1, 0.15) is 0 Å². The Balaban J connectivity index is 3.05. The highest BCUT2D eigenvalue weighted by molar-refractivity contribution is 7.90. The molecule has 1 aliphatic carbocycles. The van der Waals surface area contributed by atoms with Gasteiger partial charge in [-0.25, -0.2) is 8.42 Å². The van der Waals surface area contributed by atoms with Gasteiger partial charge in [-0.2, -0.15) is 4.31 Å². The molecule has 0 atom stereocenters. The van der Waals surface area contributed by atoms with Crippen LogP contribution in [0.3, 0.4) is 0 Å². The summed E-state index contributed by atoms with van der Waals surface area (Å²) in [7, 11) is -3.23. The van der Waals surface area contributed by atoms with E-state index in [2.05, 4.69) is 6.92 Å². The monoisotopic (exact) mass is 261 g/mol. The standard InChI is InChI=1S/C13H27NO2S/c1-7-13(5,6)14(10-11-8-9-11)17(15,16)12(2,3)4/h11H,7-10H2,1-6H3. The van der Waals surface area contributed by atoms with Crippen LogP contribution in [0.25, 0.3) is 0 Å². The van der Waals surface area contributed by atoms with Crippen LogP contribution in [0.2, 0.25) is 0 Å². The predicted octanol–water partition coefficient (Wildman–Crippen LogP) is 3.02. The van der Waals surface area contributed by atoms with Gasteiger partial charge in [-0.3, -0.25) is 0 Å². The van der Waals surface area contributed by atoms with Gasteiger partial charge in [0.05, 0.1) is 4.75 Å². The molecule has 17 heavy (non-hydrogen) atoms. The van der Waals surface area contributed by atoms with Crippen molar-refractivity contribution in [3.8, 4) is 0 Å².